The molecule has 1 heterocycles. The molecule has 11 heteroatoms. The van der Waals surface area contributed by atoms with Crippen molar-refractivity contribution in [2.45, 2.75) is 0 Å². The first kappa shape index (κ1) is 22.0. The number of aromatic nitrogens is 2. The normalized spacial score (nSPS) is 10.8. The van der Waals surface area contributed by atoms with Crippen LogP contribution in [0.4, 0.5) is 28.8 Å². The van der Waals surface area contributed by atoms with Crippen LogP contribution >= 0.6 is 0 Å². The molecule has 31 heavy (non-hydrogen) atoms. The molecule has 0 unspecified atom stereocenters. The van der Waals surface area contributed by atoms with Crippen molar-refractivity contribution in [3.63, 3.8) is 0 Å². The third kappa shape index (κ3) is 5.66. The summed E-state index contributed by atoms with van der Waals surface area (Å²) in [6.07, 6.45) is 2.66. The van der Waals surface area contributed by atoms with Gasteiger partial charge in [0.1, 0.15) is 5.82 Å². The van der Waals surface area contributed by atoms with Crippen LogP contribution in [-0.4, -0.2) is 46.0 Å². The molecule has 3 aromatic rings. The molecule has 0 amide bonds. The molecule has 3 rings (SSSR count). The summed E-state index contributed by atoms with van der Waals surface area (Å²) in [5.74, 6) is 2.22. The van der Waals surface area contributed by atoms with Crippen LogP contribution < -0.4 is 29.6 Å². The molecular formula is C20H23N5O5S. The Kier molecular flexibility index (Phi) is 6.65. The summed E-state index contributed by atoms with van der Waals surface area (Å²) >= 11 is 0. The lowest BCUT2D eigenvalue weighted by molar-refractivity contribution is 0.324. The average molecular weight is 446 g/mol. The van der Waals surface area contributed by atoms with Crippen LogP contribution in [-0.2, 0) is 10.0 Å². The Labute approximate surface area is 180 Å². The van der Waals surface area contributed by atoms with Crippen molar-refractivity contribution in [2.24, 2.45) is 0 Å². The van der Waals surface area contributed by atoms with Crippen molar-refractivity contribution in [1.82, 2.24) is 9.97 Å². The molecule has 1 aromatic heterocycles. The molecule has 10 nitrogen and oxygen atoms in total. The number of anilines is 5. The lowest BCUT2D eigenvalue weighted by atomic mass is 10.2. The first-order valence-electron chi connectivity index (χ1n) is 9.07. The highest BCUT2D eigenvalue weighted by atomic mass is 32.2. The molecule has 0 aliphatic heterocycles. The van der Waals surface area contributed by atoms with Gasteiger partial charge in [-0.1, -0.05) is 12.1 Å². The fourth-order valence-corrected chi connectivity index (χ4v) is 3.37. The Morgan fingerprint density at radius 2 is 1.52 bits per heavy atom. The lowest BCUT2D eigenvalue weighted by Gasteiger charge is -2.15. The number of hydrogen-bond acceptors (Lipinski definition) is 9. The van der Waals surface area contributed by atoms with Crippen molar-refractivity contribution >= 4 is 38.9 Å². The maximum Gasteiger partial charge on any atom is 0.229 e. The summed E-state index contributed by atoms with van der Waals surface area (Å²) in [6.45, 7) is 0. The van der Waals surface area contributed by atoms with Gasteiger partial charge >= 0.3 is 0 Å². The molecule has 164 valence electrons. The summed E-state index contributed by atoms with van der Waals surface area (Å²) in [5, 5.41) is 6.19. The van der Waals surface area contributed by atoms with E-state index in [2.05, 4.69) is 25.3 Å². The van der Waals surface area contributed by atoms with E-state index >= 15 is 0 Å². The van der Waals surface area contributed by atoms with Crippen LogP contribution in [0.5, 0.6) is 17.2 Å². The second-order valence-electron chi connectivity index (χ2n) is 6.35. The number of sulfonamides is 1. The predicted molar refractivity (Wildman–Crippen MR) is 120 cm³/mol. The highest BCUT2D eigenvalue weighted by Gasteiger charge is 2.14. The van der Waals surface area contributed by atoms with E-state index in [1.165, 1.54) is 21.3 Å². The minimum atomic E-state index is -3.43. The largest absolute Gasteiger partial charge is 0.493 e. The van der Waals surface area contributed by atoms with Crippen molar-refractivity contribution in [3.05, 3.63) is 48.7 Å². The minimum Gasteiger partial charge on any atom is -0.493 e. The maximum absolute atomic E-state index is 11.6. The highest BCUT2D eigenvalue weighted by Crippen LogP contribution is 2.40. The average Bonchev–Trinajstić information content (AvgIpc) is 2.73. The molecule has 0 bridgehead atoms. The third-order valence-electron chi connectivity index (χ3n) is 4.06. The summed E-state index contributed by atoms with van der Waals surface area (Å²) in [6, 6.07) is 12.0. The maximum atomic E-state index is 11.6. The summed E-state index contributed by atoms with van der Waals surface area (Å²) in [7, 11) is 1.16. The predicted octanol–water partition coefficient (Wildman–Crippen LogP) is 3.36. The van der Waals surface area contributed by atoms with Crippen LogP contribution in [0, 0.1) is 0 Å². The smallest absolute Gasteiger partial charge is 0.229 e. The molecule has 0 spiro atoms. The molecular weight excluding hydrogens is 422 g/mol. The summed E-state index contributed by atoms with van der Waals surface area (Å²) in [4.78, 5) is 8.66. The monoisotopic (exact) mass is 445 g/mol. The number of nitrogens with one attached hydrogen (secondary N) is 3. The van der Waals surface area contributed by atoms with E-state index in [9.17, 15) is 8.42 Å². The number of hydrogen-bond donors (Lipinski definition) is 3. The Balaban J connectivity index is 1.86. The van der Waals surface area contributed by atoms with Crippen LogP contribution in [0.3, 0.4) is 0 Å². The van der Waals surface area contributed by atoms with Crippen LogP contribution in [0.1, 0.15) is 0 Å². The van der Waals surface area contributed by atoms with E-state index < -0.39 is 10.0 Å². The molecule has 0 fully saturated rings. The standard InChI is InChI=1S/C20H23N5O5S/c1-28-16-11-13(12-17(29-2)19(16)30-3)22-20-21-10-9-18(24-20)23-14-7-5-6-8-15(14)25-31(4,26)27/h5-12,25H,1-4H3,(H2,21,22,23,24). The lowest BCUT2D eigenvalue weighted by Crippen LogP contribution is -2.11. The number of benzene rings is 2. The number of ether oxygens (including phenoxy) is 3. The minimum absolute atomic E-state index is 0.313. The first-order valence-corrected chi connectivity index (χ1v) is 11.0. The number of rotatable bonds is 9. The molecule has 0 saturated carbocycles. The van der Waals surface area contributed by atoms with Gasteiger partial charge in [0.2, 0.25) is 21.7 Å². The molecule has 0 radical (unpaired) electrons. The van der Waals surface area contributed by atoms with Crippen LogP contribution in [0.15, 0.2) is 48.7 Å². The Morgan fingerprint density at radius 1 is 0.871 bits per heavy atom. The van der Waals surface area contributed by atoms with E-state index in [4.69, 9.17) is 14.2 Å². The fraction of sp³-hybridized carbons (Fsp3) is 0.200. The van der Waals surface area contributed by atoms with Crippen LogP contribution in [0.25, 0.3) is 0 Å². The van der Waals surface area contributed by atoms with E-state index in [0.29, 0.717) is 46.1 Å². The first-order chi connectivity index (χ1) is 14.8. The molecule has 0 saturated heterocycles. The second kappa shape index (κ2) is 9.39. The quantitative estimate of drug-likeness (QED) is 0.455. The Hall–Kier alpha value is -3.73. The molecule has 0 atom stereocenters. The van der Waals surface area contributed by atoms with Gasteiger partial charge in [-0.05, 0) is 18.2 Å². The Morgan fingerprint density at radius 3 is 2.10 bits per heavy atom. The van der Waals surface area contributed by atoms with E-state index in [-0.39, 0.29) is 0 Å². The van der Waals surface area contributed by atoms with Gasteiger partial charge in [-0.3, -0.25) is 4.72 Å². The van der Waals surface area contributed by atoms with Crippen LogP contribution in [0.2, 0.25) is 0 Å². The van der Waals surface area contributed by atoms with Crippen molar-refractivity contribution in [2.75, 3.05) is 42.9 Å². The van der Waals surface area contributed by atoms with Gasteiger partial charge in [0.25, 0.3) is 0 Å². The summed E-state index contributed by atoms with van der Waals surface area (Å²) < 4.78 is 41.7. The zero-order chi connectivity index (χ0) is 22.4. The van der Waals surface area contributed by atoms with Gasteiger partial charge in [0, 0.05) is 24.0 Å². The summed E-state index contributed by atoms with van der Waals surface area (Å²) in [5.41, 5.74) is 1.58. The molecule has 0 aliphatic rings. The van der Waals surface area contributed by atoms with Gasteiger partial charge in [-0.2, -0.15) is 4.98 Å². The topological polar surface area (TPSA) is 124 Å². The van der Waals surface area contributed by atoms with Crippen molar-refractivity contribution < 1.29 is 22.6 Å². The van der Waals surface area contributed by atoms with Crippen molar-refractivity contribution in [3.8, 4) is 17.2 Å². The van der Waals surface area contributed by atoms with Crippen molar-refractivity contribution in [1.29, 1.82) is 0 Å². The van der Waals surface area contributed by atoms with Gasteiger partial charge in [0.05, 0.1) is 39.0 Å². The molecule has 2 aromatic carbocycles. The van der Waals surface area contributed by atoms with E-state index in [1.54, 1.807) is 48.7 Å². The molecule has 3 N–H and O–H groups in total. The third-order valence-corrected chi connectivity index (χ3v) is 4.65. The molecule has 0 aliphatic carbocycles. The van der Waals surface area contributed by atoms with Gasteiger partial charge in [0.15, 0.2) is 11.5 Å². The highest BCUT2D eigenvalue weighted by molar-refractivity contribution is 7.92. The number of nitrogens with zero attached hydrogens (tertiary/aromatic N) is 2. The SMILES string of the molecule is COc1cc(Nc2nccc(Nc3ccccc3NS(C)(=O)=O)n2)cc(OC)c1OC. The fourth-order valence-electron chi connectivity index (χ4n) is 2.79. The Bertz CT molecular complexity index is 1150. The number of methoxy groups -OCH3 is 3. The zero-order valence-corrected chi connectivity index (χ0v) is 18.3. The second-order valence-corrected chi connectivity index (χ2v) is 8.10. The van der Waals surface area contributed by atoms with E-state index in [0.717, 1.165) is 6.26 Å². The van der Waals surface area contributed by atoms with Gasteiger partial charge < -0.3 is 24.8 Å². The van der Waals surface area contributed by atoms with Gasteiger partial charge in [-0.25, -0.2) is 13.4 Å². The number of para-hydroxylation sites is 2. The zero-order valence-electron chi connectivity index (χ0n) is 17.5. The van der Waals surface area contributed by atoms with E-state index in [1.807, 2.05) is 0 Å². The van der Waals surface area contributed by atoms with Gasteiger partial charge in [-0.15, -0.1) is 0 Å².